The van der Waals surface area contributed by atoms with Crippen molar-refractivity contribution in [3.63, 3.8) is 0 Å². The van der Waals surface area contributed by atoms with E-state index >= 15 is 0 Å². The lowest BCUT2D eigenvalue weighted by Crippen LogP contribution is -2.51. The number of amides is 2. The van der Waals surface area contributed by atoms with E-state index < -0.39 is 28.5 Å². The molecule has 0 heterocycles. The van der Waals surface area contributed by atoms with E-state index in [0.717, 1.165) is 29.0 Å². The molecule has 0 saturated carbocycles. The van der Waals surface area contributed by atoms with Gasteiger partial charge in [0.1, 0.15) is 24.1 Å². The predicted molar refractivity (Wildman–Crippen MR) is 141 cm³/mol. The summed E-state index contributed by atoms with van der Waals surface area (Å²) in [5.41, 5.74) is 0.883. The van der Waals surface area contributed by atoms with Gasteiger partial charge in [0.15, 0.2) is 0 Å². The first-order valence-corrected chi connectivity index (χ1v) is 13.8. The normalized spacial score (nSPS) is 11.9. The standard InChI is InChI=1S/C25H34ClN3O6S/c1-6-7-14-27-25(31)18(2)28(16-19-8-11-21(34-3)12-9-19)24(30)17-29(36(5,32)33)22-15-20(26)10-13-23(22)35-4/h8-13,15,18H,6-7,14,16-17H2,1-5H3,(H,27,31). The van der Waals surface area contributed by atoms with E-state index in [1.54, 1.807) is 44.4 Å². The molecule has 0 bridgehead atoms. The highest BCUT2D eigenvalue weighted by Gasteiger charge is 2.31. The van der Waals surface area contributed by atoms with Crippen LogP contribution in [0.4, 0.5) is 5.69 Å². The van der Waals surface area contributed by atoms with Crippen molar-refractivity contribution in [1.29, 1.82) is 0 Å². The molecule has 2 aromatic rings. The highest BCUT2D eigenvalue weighted by Crippen LogP contribution is 2.33. The largest absolute Gasteiger partial charge is 0.497 e. The molecule has 9 nitrogen and oxygen atoms in total. The van der Waals surface area contributed by atoms with Crippen LogP contribution in [0.2, 0.25) is 5.02 Å². The number of rotatable bonds is 13. The number of ether oxygens (including phenoxy) is 2. The summed E-state index contributed by atoms with van der Waals surface area (Å²) in [6.07, 6.45) is 2.71. The quantitative estimate of drug-likeness (QED) is 0.391. The zero-order valence-corrected chi connectivity index (χ0v) is 22.9. The Hall–Kier alpha value is -2.98. The molecule has 2 aromatic carbocycles. The molecule has 1 unspecified atom stereocenters. The maximum absolute atomic E-state index is 13.6. The molecule has 0 spiro atoms. The van der Waals surface area contributed by atoms with Crippen molar-refractivity contribution in [3.05, 3.63) is 53.1 Å². The van der Waals surface area contributed by atoms with Crippen molar-refractivity contribution < 1.29 is 27.5 Å². The van der Waals surface area contributed by atoms with Crippen LogP contribution in [-0.4, -0.2) is 64.7 Å². The van der Waals surface area contributed by atoms with Crippen LogP contribution in [0.3, 0.4) is 0 Å². The Bertz CT molecular complexity index is 1140. The second kappa shape index (κ2) is 13.4. The highest BCUT2D eigenvalue weighted by molar-refractivity contribution is 7.92. The molecular formula is C25H34ClN3O6S. The van der Waals surface area contributed by atoms with Gasteiger partial charge in [-0.25, -0.2) is 8.42 Å². The molecule has 36 heavy (non-hydrogen) atoms. The van der Waals surface area contributed by atoms with Crippen molar-refractivity contribution in [2.24, 2.45) is 0 Å². The average Bonchev–Trinajstić information content (AvgIpc) is 2.85. The van der Waals surface area contributed by atoms with Crippen LogP contribution in [0.25, 0.3) is 0 Å². The summed E-state index contributed by atoms with van der Waals surface area (Å²) in [6.45, 7) is 3.67. The fourth-order valence-corrected chi connectivity index (χ4v) is 4.51. The summed E-state index contributed by atoms with van der Waals surface area (Å²) in [5.74, 6) is 0.0101. The Morgan fingerprint density at radius 3 is 2.31 bits per heavy atom. The lowest BCUT2D eigenvalue weighted by atomic mass is 10.1. The number of unbranched alkanes of at least 4 members (excludes halogenated alkanes) is 1. The third-order valence-corrected chi connectivity index (χ3v) is 6.96. The van der Waals surface area contributed by atoms with Gasteiger partial charge < -0.3 is 19.7 Å². The van der Waals surface area contributed by atoms with E-state index in [9.17, 15) is 18.0 Å². The van der Waals surface area contributed by atoms with Crippen molar-refractivity contribution in [3.8, 4) is 11.5 Å². The number of halogens is 1. The first-order valence-electron chi connectivity index (χ1n) is 11.5. The zero-order valence-electron chi connectivity index (χ0n) is 21.3. The Labute approximate surface area is 218 Å². The Balaban J connectivity index is 2.41. The first-order chi connectivity index (χ1) is 17.0. The second-order valence-electron chi connectivity index (χ2n) is 8.28. The second-order valence-corrected chi connectivity index (χ2v) is 10.6. The van der Waals surface area contributed by atoms with Gasteiger partial charge in [-0.2, -0.15) is 0 Å². The summed E-state index contributed by atoms with van der Waals surface area (Å²) < 4.78 is 36.9. The summed E-state index contributed by atoms with van der Waals surface area (Å²) >= 11 is 6.12. The minimum absolute atomic E-state index is 0.0927. The first kappa shape index (κ1) is 29.3. The third kappa shape index (κ3) is 8.03. The minimum atomic E-state index is -3.91. The number of hydrogen-bond acceptors (Lipinski definition) is 6. The summed E-state index contributed by atoms with van der Waals surface area (Å²) in [6, 6.07) is 10.7. The monoisotopic (exact) mass is 539 g/mol. The average molecular weight is 540 g/mol. The van der Waals surface area contributed by atoms with E-state index in [1.165, 1.54) is 24.1 Å². The molecule has 0 aliphatic heterocycles. The van der Waals surface area contributed by atoms with E-state index in [-0.39, 0.29) is 28.9 Å². The molecule has 11 heteroatoms. The van der Waals surface area contributed by atoms with Crippen molar-refractivity contribution in [2.45, 2.75) is 39.3 Å². The van der Waals surface area contributed by atoms with Gasteiger partial charge >= 0.3 is 0 Å². The van der Waals surface area contributed by atoms with Crippen LogP contribution in [0, 0.1) is 0 Å². The van der Waals surface area contributed by atoms with E-state index in [4.69, 9.17) is 21.1 Å². The van der Waals surface area contributed by atoms with E-state index in [0.29, 0.717) is 12.3 Å². The van der Waals surface area contributed by atoms with Crippen molar-refractivity contribution in [2.75, 3.05) is 37.9 Å². The number of methoxy groups -OCH3 is 2. The summed E-state index contributed by atoms with van der Waals surface area (Å²) in [4.78, 5) is 27.8. The van der Waals surface area contributed by atoms with Crippen LogP contribution >= 0.6 is 11.6 Å². The molecule has 1 N–H and O–H groups in total. The summed E-state index contributed by atoms with van der Waals surface area (Å²) in [5, 5.41) is 3.12. The zero-order chi connectivity index (χ0) is 26.9. The number of nitrogens with zero attached hydrogens (tertiary/aromatic N) is 2. The maximum atomic E-state index is 13.6. The Morgan fingerprint density at radius 2 is 1.75 bits per heavy atom. The third-order valence-electron chi connectivity index (χ3n) is 5.60. The Kier molecular flexibility index (Phi) is 10.9. The number of nitrogens with one attached hydrogen (secondary N) is 1. The van der Waals surface area contributed by atoms with Crippen LogP contribution in [0.15, 0.2) is 42.5 Å². The van der Waals surface area contributed by atoms with Crippen LogP contribution < -0.4 is 19.1 Å². The minimum Gasteiger partial charge on any atom is -0.497 e. The summed E-state index contributed by atoms with van der Waals surface area (Å²) in [7, 11) is -0.962. The smallest absolute Gasteiger partial charge is 0.244 e. The van der Waals surface area contributed by atoms with E-state index in [2.05, 4.69) is 5.32 Å². The molecule has 198 valence electrons. The molecule has 0 fully saturated rings. The topological polar surface area (TPSA) is 105 Å². The number of carbonyl (C=O) groups excluding carboxylic acids is 2. The molecule has 0 radical (unpaired) electrons. The highest BCUT2D eigenvalue weighted by atomic mass is 35.5. The van der Waals surface area contributed by atoms with Gasteiger partial charge in [0.25, 0.3) is 0 Å². The number of hydrogen-bond donors (Lipinski definition) is 1. The van der Waals surface area contributed by atoms with Gasteiger partial charge in [-0.3, -0.25) is 13.9 Å². The Morgan fingerprint density at radius 1 is 1.08 bits per heavy atom. The SMILES string of the molecule is CCCCNC(=O)C(C)N(Cc1ccc(OC)cc1)C(=O)CN(c1cc(Cl)ccc1OC)S(C)(=O)=O. The molecule has 2 amide bonds. The van der Waals surface area contributed by atoms with E-state index in [1.807, 2.05) is 6.92 Å². The fraction of sp³-hybridized carbons (Fsp3) is 0.440. The van der Waals surface area contributed by atoms with Crippen LogP contribution in [0.1, 0.15) is 32.3 Å². The molecule has 0 aromatic heterocycles. The number of sulfonamides is 1. The molecular weight excluding hydrogens is 506 g/mol. The lowest BCUT2D eigenvalue weighted by molar-refractivity contribution is -0.139. The maximum Gasteiger partial charge on any atom is 0.244 e. The van der Waals surface area contributed by atoms with Gasteiger partial charge in [-0.05, 0) is 49.2 Å². The number of anilines is 1. The van der Waals surface area contributed by atoms with Crippen molar-refractivity contribution >= 4 is 39.1 Å². The van der Waals surface area contributed by atoms with Gasteiger partial charge in [0, 0.05) is 18.1 Å². The van der Waals surface area contributed by atoms with Crippen LogP contribution in [0.5, 0.6) is 11.5 Å². The van der Waals surface area contributed by atoms with Crippen molar-refractivity contribution in [1.82, 2.24) is 10.2 Å². The van der Waals surface area contributed by atoms with Gasteiger partial charge in [-0.1, -0.05) is 37.1 Å². The van der Waals surface area contributed by atoms with Crippen LogP contribution in [-0.2, 0) is 26.2 Å². The van der Waals surface area contributed by atoms with Gasteiger partial charge in [0.05, 0.1) is 26.2 Å². The van der Waals surface area contributed by atoms with Gasteiger partial charge in [-0.15, -0.1) is 0 Å². The number of carbonyl (C=O) groups is 2. The fourth-order valence-electron chi connectivity index (χ4n) is 3.50. The molecule has 1 atom stereocenters. The predicted octanol–water partition coefficient (Wildman–Crippen LogP) is 3.46. The molecule has 0 aliphatic carbocycles. The number of benzene rings is 2. The molecule has 0 aliphatic rings. The van der Waals surface area contributed by atoms with Gasteiger partial charge in [0.2, 0.25) is 21.8 Å². The molecule has 0 saturated heterocycles. The molecule has 2 rings (SSSR count). The lowest BCUT2D eigenvalue weighted by Gasteiger charge is -2.32.